The normalized spacial score (nSPS) is 8.38. The van der Waals surface area contributed by atoms with Crippen LogP contribution in [0, 0.1) is 0 Å². The van der Waals surface area contributed by atoms with Crippen LogP contribution in [0.1, 0.15) is 6.42 Å². The molecule has 0 bridgehead atoms. The average Bonchev–Trinajstić information content (AvgIpc) is 2.30. The summed E-state index contributed by atoms with van der Waals surface area (Å²) in [5, 5.41) is 47.4. The molecule has 0 aliphatic heterocycles. The first-order valence-electron chi connectivity index (χ1n) is 4.46. The van der Waals surface area contributed by atoms with Gasteiger partial charge in [0, 0.05) is 19.3 Å². The molecule has 0 saturated heterocycles. The van der Waals surface area contributed by atoms with Crippen molar-refractivity contribution in [2.24, 2.45) is 0 Å². The van der Waals surface area contributed by atoms with E-state index in [1.54, 1.807) is 0 Å². The third kappa shape index (κ3) is 38.2. The molecule has 0 aliphatic carbocycles. The van der Waals surface area contributed by atoms with Crippen molar-refractivity contribution in [3.8, 4) is 0 Å². The number of aliphatic carboxylic acids is 1. The molecule has 0 saturated carbocycles. The van der Waals surface area contributed by atoms with Crippen LogP contribution in [0.2, 0.25) is 0 Å². The molecule has 0 atom stereocenters. The Bertz CT molecular complexity index is 143. The van der Waals surface area contributed by atoms with Gasteiger partial charge in [-0.25, -0.2) is 4.79 Å². The van der Waals surface area contributed by atoms with Crippen molar-refractivity contribution >= 4 is 5.97 Å². The summed E-state index contributed by atoms with van der Waals surface area (Å²) in [5.41, 5.74) is 0. The molecule has 0 heterocycles. The molecule has 16 heavy (non-hydrogen) atoms. The van der Waals surface area contributed by atoms with E-state index in [9.17, 15) is 4.79 Å². The highest BCUT2D eigenvalue weighted by atomic mass is 16.4. The zero-order valence-electron chi connectivity index (χ0n) is 8.99. The van der Waals surface area contributed by atoms with Crippen molar-refractivity contribution in [1.29, 1.82) is 0 Å². The lowest BCUT2D eigenvalue weighted by atomic mass is 10.4. The summed E-state index contributed by atoms with van der Waals surface area (Å²) in [6, 6.07) is 0. The Morgan fingerprint density at radius 3 is 1.44 bits per heavy atom. The number of carboxylic acids is 1. The number of aliphatic hydroxyl groups excluding tert-OH is 5. The minimum atomic E-state index is -0.981. The minimum Gasteiger partial charge on any atom is -0.478 e. The van der Waals surface area contributed by atoms with E-state index in [4.69, 9.17) is 30.6 Å². The number of carboxylic acid groups (broad SMARTS) is 1. The second-order valence-corrected chi connectivity index (χ2v) is 2.36. The highest BCUT2D eigenvalue weighted by molar-refractivity contribution is 5.78. The molecular weight excluding hydrogens is 220 g/mol. The molecule has 98 valence electrons. The molecule has 6 N–H and O–H groups in total. The first-order chi connectivity index (χ1) is 7.49. The maximum Gasteiger partial charge on any atom is 0.327 e. The van der Waals surface area contributed by atoms with E-state index in [0.29, 0.717) is 6.42 Å². The highest BCUT2D eigenvalue weighted by Gasteiger charge is 1.93. The predicted octanol–water partition coefficient (Wildman–Crippen LogP) is -2.05. The molecule has 0 rings (SSSR count). The third-order valence-corrected chi connectivity index (χ3v) is 0.912. The summed E-state index contributed by atoms with van der Waals surface area (Å²) in [4.78, 5) is 9.25. The Morgan fingerprint density at radius 2 is 1.44 bits per heavy atom. The second-order valence-electron chi connectivity index (χ2n) is 2.36. The van der Waals surface area contributed by atoms with Crippen molar-refractivity contribution in [2.45, 2.75) is 12.5 Å². The van der Waals surface area contributed by atoms with Gasteiger partial charge in [-0.1, -0.05) is 6.58 Å². The van der Waals surface area contributed by atoms with E-state index in [2.05, 4.69) is 6.58 Å². The van der Waals surface area contributed by atoms with E-state index in [0.717, 1.165) is 6.08 Å². The number of aliphatic hydroxyl groups is 5. The second kappa shape index (κ2) is 19.6. The molecule has 0 fully saturated rings. The predicted molar refractivity (Wildman–Crippen MR) is 56.8 cm³/mol. The van der Waals surface area contributed by atoms with Gasteiger partial charge in [-0.3, -0.25) is 0 Å². The van der Waals surface area contributed by atoms with Crippen LogP contribution in [-0.4, -0.2) is 69.1 Å². The van der Waals surface area contributed by atoms with E-state index in [1.807, 2.05) is 0 Å². The molecule has 0 aliphatic rings. The number of hydrogen-bond acceptors (Lipinski definition) is 6. The van der Waals surface area contributed by atoms with Crippen LogP contribution in [0.15, 0.2) is 12.7 Å². The highest BCUT2D eigenvalue weighted by Crippen LogP contribution is 1.71. The van der Waals surface area contributed by atoms with Crippen molar-refractivity contribution in [3.63, 3.8) is 0 Å². The van der Waals surface area contributed by atoms with Gasteiger partial charge in [-0.15, -0.1) is 0 Å². The Labute approximate surface area is 93.9 Å². The summed E-state index contributed by atoms with van der Waals surface area (Å²) >= 11 is 0. The molecular formula is C9H20O7. The number of carbonyl (C=O) groups is 1. The Morgan fingerprint density at radius 1 is 1.12 bits per heavy atom. The lowest BCUT2D eigenvalue weighted by Crippen LogP contribution is -2.15. The summed E-state index contributed by atoms with van der Waals surface area (Å²) in [7, 11) is 0. The number of hydrogen-bond donors (Lipinski definition) is 6. The largest absolute Gasteiger partial charge is 0.478 e. The standard InChI is InChI=1S/C3H8O3.C3H4O2.C3H8O2/c4-1-3(6)2-5;1-2-3(4)5;4-2-1-3-5/h3-6H,1-2H2;2H,1H2,(H,4,5);4-5H,1-3H2. The van der Waals surface area contributed by atoms with Crippen molar-refractivity contribution in [1.82, 2.24) is 0 Å². The van der Waals surface area contributed by atoms with E-state index in [1.165, 1.54) is 0 Å². The fraction of sp³-hybridized carbons (Fsp3) is 0.667. The zero-order chi connectivity index (χ0) is 13.4. The molecule has 0 aromatic heterocycles. The summed E-state index contributed by atoms with van der Waals surface area (Å²) < 4.78 is 0. The van der Waals surface area contributed by atoms with Crippen molar-refractivity contribution < 1.29 is 35.4 Å². The van der Waals surface area contributed by atoms with Gasteiger partial charge in [0.15, 0.2) is 0 Å². The molecule has 0 amide bonds. The van der Waals surface area contributed by atoms with Gasteiger partial charge in [0.05, 0.1) is 13.2 Å². The molecule has 0 radical (unpaired) electrons. The minimum absolute atomic E-state index is 0.0938. The molecule has 0 aromatic carbocycles. The number of rotatable bonds is 5. The summed E-state index contributed by atoms with van der Waals surface area (Å²) in [6.45, 7) is 2.42. The monoisotopic (exact) mass is 240 g/mol. The van der Waals surface area contributed by atoms with Gasteiger partial charge in [0.1, 0.15) is 6.10 Å². The van der Waals surface area contributed by atoms with Gasteiger partial charge < -0.3 is 30.6 Å². The molecule has 7 nitrogen and oxygen atoms in total. The van der Waals surface area contributed by atoms with Crippen LogP contribution in [0.5, 0.6) is 0 Å². The topological polar surface area (TPSA) is 138 Å². The summed E-state index contributed by atoms with van der Waals surface area (Å²) in [6.07, 6.45) is 0.380. The quantitative estimate of drug-likeness (QED) is 0.304. The van der Waals surface area contributed by atoms with Crippen molar-refractivity contribution in [3.05, 3.63) is 12.7 Å². The van der Waals surface area contributed by atoms with E-state index in [-0.39, 0.29) is 26.4 Å². The van der Waals surface area contributed by atoms with E-state index < -0.39 is 12.1 Å². The first-order valence-corrected chi connectivity index (χ1v) is 4.46. The molecule has 7 heteroatoms. The fourth-order valence-electron chi connectivity index (χ4n) is 0.128. The lowest BCUT2D eigenvalue weighted by Gasteiger charge is -1.96. The smallest absolute Gasteiger partial charge is 0.327 e. The Balaban J connectivity index is -0.000000160. The molecule has 0 aromatic rings. The van der Waals surface area contributed by atoms with Crippen LogP contribution >= 0.6 is 0 Å². The average molecular weight is 240 g/mol. The summed E-state index contributed by atoms with van der Waals surface area (Å²) in [5.74, 6) is -0.981. The van der Waals surface area contributed by atoms with Crippen LogP contribution in [-0.2, 0) is 4.79 Å². The Kier molecular flexibility index (Phi) is 25.0. The van der Waals surface area contributed by atoms with Gasteiger partial charge in [-0.05, 0) is 6.42 Å². The van der Waals surface area contributed by atoms with Crippen LogP contribution in [0.25, 0.3) is 0 Å². The first kappa shape index (κ1) is 20.4. The van der Waals surface area contributed by atoms with Crippen LogP contribution < -0.4 is 0 Å². The van der Waals surface area contributed by atoms with Crippen LogP contribution in [0.3, 0.4) is 0 Å². The lowest BCUT2D eigenvalue weighted by molar-refractivity contribution is -0.131. The van der Waals surface area contributed by atoms with Crippen molar-refractivity contribution in [2.75, 3.05) is 26.4 Å². The SMILES string of the molecule is C=CC(=O)O.OCC(O)CO.OCCCO. The fourth-order valence-corrected chi connectivity index (χ4v) is 0.128. The maximum absolute atomic E-state index is 9.25. The van der Waals surface area contributed by atoms with Gasteiger partial charge in [0.25, 0.3) is 0 Å². The zero-order valence-corrected chi connectivity index (χ0v) is 8.99. The van der Waals surface area contributed by atoms with E-state index >= 15 is 0 Å². The van der Waals surface area contributed by atoms with Crippen LogP contribution in [0.4, 0.5) is 0 Å². The third-order valence-electron chi connectivity index (χ3n) is 0.912. The van der Waals surface area contributed by atoms with Gasteiger partial charge in [-0.2, -0.15) is 0 Å². The maximum atomic E-state index is 9.25. The van der Waals surface area contributed by atoms with Gasteiger partial charge >= 0.3 is 5.97 Å². The van der Waals surface area contributed by atoms with Gasteiger partial charge in [0.2, 0.25) is 0 Å². The Hall–Kier alpha value is -0.990. The molecule has 0 unspecified atom stereocenters. The molecule has 0 spiro atoms.